The molecule has 1 saturated heterocycles. The third-order valence-corrected chi connectivity index (χ3v) is 6.39. The van der Waals surface area contributed by atoms with Gasteiger partial charge in [0, 0.05) is 17.6 Å². The zero-order chi connectivity index (χ0) is 18.3. The van der Waals surface area contributed by atoms with Crippen molar-refractivity contribution in [2.75, 3.05) is 11.5 Å². The molecule has 1 aromatic heterocycles. The number of nitrogens with zero attached hydrogens (tertiary/aromatic N) is 5. The molecule has 2 aromatic rings. The van der Waals surface area contributed by atoms with Crippen molar-refractivity contribution in [2.45, 2.75) is 37.9 Å². The van der Waals surface area contributed by atoms with E-state index < -0.39 is 15.7 Å². The molecule has 1 saturated carbocycles. The van der Waals surface area contributed by atoms with E-state index in [-0.39, 0.29) is 41.9 Å². The number of tetrazole rings is 1. The van der Waals surface area contributed by atoms with Gasteiger partial charge in [-0.15, -0.1) is 10.2 Å². The first kappa shape index (κ1) is 17.1. The molecule has 0 radical (unpaired) electrons. The number of hydrogen-bond donors (Lipinski definition) is 0. The van der Waals surface area contributed by atoms with Gasteiger partial charge in [0.25, 0.3) is 0 Å². The van der Waals surface area contributed by atoms with Crippen LogP contribution in [0.3, 0.4) is 0 Å². The van der Waals surface area contributed by atoms with E-state index in [4.69, 9.17) is 0 Å². The minimum Gasteiger partial charge on any atom is -0.334 e. The van der Waals surface area contributed by atoms with Crippen molar-refractivity contribution >= 4 is 15.7 Å². The third-order valence-electron chi connectivity index (χ3n) is 4.64. The predicted molar refractivity (Wildman–Crippen MR) is 90.1 cm³/mol. The Labute approximate surface area is 149 Å². The highest BCUT2D eigenvalue weighted by Gasteiger charge is 2.42. The maximum atomic E-state index is 13.3. The molecule has 1 amide bonds. The van der Waals surface area contributed by atoms with E-state index in [1.54, 1.807) is 17.0 Å². The van der Waals surface area contributed by atoms with Crippen LogP contribution in [0.5, 0.6) is 0 Å². The Morgan fingerprint density at radius 2 is 2.08 bits per heavy atom. The molecule has 1 aliphatic carbocycles. The number of carbonyl (C=O) groups is 1. The average molecular weight is 379 g/mol. The van der Waals surface area contributed by atoms with Gasteiger partial charge in [0.15, 0.2) is 9.84 Å². The van der Waals surface area contributed by atoms with E-state index in [1.165, 1.54) is 16.9 Å². The Morgan fingerprint density at radius 3 is 2.73 bits per heavy atom. The molecule has 2 fully saturated rings. The Balaban J connectivity index is 1.49. The first-order chi connectivity index (χ1) is 12.4. The molecular formula is C16H18FN5O3S. The van der Waals surface area contributed by atoms with Crippen LogP contribution in [-0.4, -0.2) is 63.0 Å². The van der Waals surface area contributed by atoms with Crippen molar-refractivity contribution in [3.8, 4) is 11.4 Å². The average Bonchev–Trinajstić information content (AvgIpc) is 3.18. The van der Waals surface area contributed by atoms with Gasteiger partial charge in [-0.3, -0.25) is 4.79 Å². The molecule has 0 unspecified atom stereocenters. The molecule has 0 bridgehead atoms. The summed E-state index contributed by atoms with van der Waals surface area (Å²) in [4.78, 5) is 15.6. The lowest BCUT2D eigenvalue weighted by Gasteiger charge is -2.28. The van der Waals surface area contributed by atoms with Crippen molar-refractivity contribution < 1.29 is 17.6 Å². The Bertz CT molecular complexity index is 941. The SMILES string of the molecule is O=C(Cn1nnc(-c2cccc(F)c2)n1)N(C1CC1)[C@@H]1CCS(=O)(=O)C1. The first-order valence-electron chi connectivity index (χ1n) is 8.47. The van der Waals surface area contributed by atoms with Gasteiger partial charge in [-0.25, -0.2) is 12.8 Å². The van der Waals surface area contributed by atoms with Crippen molar-refractivity contribution in [3.05, 3.63) is 30.1 Å². The highest BCUT2D eigenvalue weighted by molar-refractivity contribution is 7.91. The number of aromatic nitrogens is 4. The zero-order valence-corrected chi connectivity index (χ0v) is 14.8. The Kier molecular flexibility index (Phi) is 4.22. The maximum absolute atomic E-state index is 13.3. The molecule has 138 valence electrons. The zero-order valence-electron chi connectivity index (χ0n) is 14.0. The molecule has 1 aliphatic heterocycles. The lowest BCUT2D eigenvalue weighted by molar-refractivity contribution is -0.134. The molecule has 10 heteroatoms. The van der Waals surface area contributed by atoms with E-state index in [0.29, 0.717) is 12.0 Å². The van der Waals surface area contributed by atoms with Crippen LogP contribution in [0.2, 0.25) is 0 Å². The van der Waals surface area contributed by atoms with E-state index in [2.05, 4.69) is 15.4 Å². The molecular weight excluding hydrogens is 361 g/mol. The number of halogens is 1. The Hall–Kier alpha value is -2.36. The summed E-state index contributed by atoms with van der Waals surface area (Å²) in [7, 11) is -3.07. The van der Waals surface area contributed by atoms with Gasteiger partial charge >= 0.3 is 0 Å². The standard InChI is InChI=1S/C16H18FN5O3S/c17-12-3-1-2-11(8-12)16-18-20-21(19-16)9-15(23)22(13-4-5-13)14-6-7-26(24,25)10-14/h1-3,8,13-14H,4-7,9-10H2/t14-/m1/s1. The summed E-state index contributed by atoms with van der Waals surface area (Å²) in [6.45, 7) is -0.116. The minimum absolute atomic E-state index is 0.0224. The van der Waals surface area contributed by atoms with Gasteiger partial charge in [-0.05, 0) is 36.6 Å². The maximum Gasteiger partial charge on any atom is 0.246 e. The normalized spacial score (nSPS) is 21.7. The van der Waals surface area contributed by atoms with Crippen LogP contribution in [0.15, 0.2) is 24.3 Å². The van der Waals surface area contributed by atoms with Crippen LogP contribution in [0, 0.1) is 5.82 Å². The van der Waals surface area contributed by atoms with Gasteiger partial charge in [-0.1, -0.05) is 12.1 Å². The largest absolute Gasteiger partial charge is 0.334 e. The van der Waals surface area contributed by atoms with Gasteiger partial charge in [0.05, 0.1) is 11.5 Å². The van der Waals surface area contributed by atoms with Crippen LogP contribution in [-0.2, 0) is 21.2 Å². The van der Waals surface area contributed by atoms with Gasteiger partial charge in [-0.2, -0.15) is 4.80 Å². The number of sulfone groups is 1. The number of amides is 1. The van der Waals surface area contributed by atoms with Crippen molar-refractivity contribution in [2.24, 2.45) is 0 Å². The first-order valence-corrected chi connectivity index (χ1v) is 10.3. The van der Waals surface area contributed by atoms with Gasteiger partial charge in [0.1, 0.15) is 12.4 Å². The summed E-state index contributed by atoms with van der Waals surface area (Å²) in [6, 6.07) is 5.65. The lowest BCUT2D eigenvalue weighted by Crippen LogP contribution is -2.44. The fraction of sp³-hybridized carbons (Fsp3) is 0.500. The van der Waals surface area contributed by atoms with Crippen LogP contribution >= 0.6 is 0 Å². The number of carbonyl (C=O) groups excluding carboxylic acids is 1. The van der Waals surface area contributed by atoms with E-state index >= 15 is 0 Å². The fourth-order valence-electron chi connectivity index (χ4n) is 3.31. The van der Waals surface area contributed by atoms with Gasteiger partial charge in [0.2, 0.25) is 11.7 Å². The molecule has 4 rings (SSSR count). The summed E-state index contributed by atoms with van der Waals surface area (Å²) >= 11 is 0. The molecule has 0 N–H and O–H groups in total. The van der Waals surface area contributed by atoms with Gasteiger partial charge < -0.3 is 4.90 Å². The fourth-order valence-corrected chi connectivity index (χ4v) is 5.02. The van der Waals surface area contributed by atoms with Crippen LogP contribution in [0.1, 0.15) is 19.3 Å². The topological polar surface area (TPSA) is 98.1 Å². The van der Waals surface area contributed by atoms with Crippen LogP contribution < -0.4 is 0 Å². The Morgan fingerprint density at radius 1 is 1.27 bits per heavy atom. The molecule has 2 heterocycles. The second-order valence-corrected chi connectivity index (χ2v) is 8.97. The van der Waals surface area contributed by atoms with Crippen molar-refractivity contribution in [3.63, 3.8) is 0 Å². The number of benzene rings is 1. The summed E-state index contributed by atoms with van der Waals surface area (Å²) < 4.78 is 36.8. The highest BCUT2D eigenvalue weighted by atomic mass is 32.2. The summed E-state index contributed by atoms with van der Waals surface area (Å²) in [5.41, 5.74) is 0.477. The van der Waals surface area contributed by atoms with Crippen LogP contribution in [0.4, 0.5) is 4.39 Å². The lowest BCUT2D eigenvalue weighted by atomic mass is 10.2. The number of hydrogen-bond acceptors (Lipinski definition) is 6. The highest BCUT2D eigenvalue weighted by Crippen LogP contribution is 2.32. The predicted octanol–water partition coefficient (Wildman–Crippen LogP) is 0.657. The summed E-state index contributed by atoms with van der Waals surface area (Å²) in [6.07, 6.45) is 2.26. The van der Waals surface area contributed by atoms with E-state index in [1.807, 2.05) is 0 Å². The van der Waals surface area contributed by atoms with E-state index in [0.717, 1.165) is 12.8 Å². The second kappa shape index (κ2) is 6.42. The quantitative estimate of drug-likeness (QED) is 0.757. The molecule has 0 spiro atoms. The molecule has 1 aromatic carbocycles. The third kappa shape index (κ3) is 3.59. The second-order valence-electron chi connectivity index (χ2n) is 6.74. The summed E-state index contributed by atoms with van der Waals surface area (Å²) in [5, 5.41) is 11.9. The number of rotatable bonds is 5. The smallest absolute Gasteiger partial charge is 0.246 e. The monoisotopic (exact) mass is 379 g/mol. The molecule has 1 atom stereocenters. The molecule has 8 nitrogen and oxygen atoms in total. The molecule has 2 aliphatic rings. The molecule has 26 heavy (non-hydrogen) atoms. The summed E-state index contributed by atoms with van der Waals surface area (Å²) in [5.74, 6) is -0.234. The van der Waals surface area contributed by atoms with E-state index in [9.17, 15) is 17.6 Å². The van der Waals surface area contributed by atoms with Crippen molar-refractivity contribution in [1.82, 2.24) is 25.1 Å². The minimum atomic E-state index is -3.07. The van der Waals surface area contributed by atoms with Crippen molar-refractivity contribution in [1.29, 1.82) is 0 Å². The van der Waals surface area contributed by atoms with Crippen LogP contribution in [0.25, 0.3) is 11.4 Å².